The Morgan fingerprint density at radius 2 is 1.89 bits per heavy atom. The molecular weight excluding hydrogens is 234 g/mol. The van der Waals surface area contributed by atoms with E-state index in [0.717, 1.165) is 27.6 Å². The summed E-state index contributed by atoms with van der Waals surface area (Å²) in [6, 6.07) is 7.95. The van der Waals surface area contributed by atoms with Crippen LogP contribution in [0.2, 0.25) is 0 Å². The monoisotopic (exact) mass is 251 g/mol. The normalized spacial score (nSPS) is 15.3. The summed E-state index contributed by atoms with van der Waals surface area (Å²) in [5.74, 6) is 0.187. The Balaban J connectivity index is 2.28. The molecule has 1 aliphatic carbocycles. The summed E-state index contributed by atoms with van der Waals surface area (Å²) >= 11 is 0. The molecule has 0 bridgehead atoms. The SMILES string of the molecule is CC(C)(C)C1=Cc2ncc3ccccc3c2C(=O)C1. The molecule has 0 unspecified atom stereocenters. The summed E-state index contributed by atoms with van der Waals surface area (Å²) in [4.78, 5) is 16.9. The average molecular weight is 251 g/mol. The lowest BCUT2D eigenvalue weighted by Crippen LogP contribution is -2.18. The highest BCUT2D eigenvalue weighted by molar-refractivity contribution is 6.12. The summed E-state index contributed by atoms with van der Waals surface area (Å²) < 4.78 is 0. The van der Waals surface area contributed by atoms with Crippen LogP contribution in [0.15, 0.2) is 36.0 Å². The molecule has 0 saturated carbocycles. The Labute approximate surface area is 113 Å². The van der Waals surface area contributed by atoms with Gasteiger partial charge in [-0.05, 0) is 16.9 Å². The number of carbonyl (C=O) groups excluding carboxylic acids is 1. The molecule has 0 fully saturated rings. The van der Waals surface area contributed by atoms with Gasteiger partial charge in [-0.15, -0.1) is 0 Å². The topological polar surface area (TPSA) is 30.0 Å². The maximum Gasteiger partial charge on any atom is 0.169 e. The van der Waals surface area contributed by atoms with Crippen LogP contribution >= 0.6 is 0 Å². The Hall–Kier alpha value is -1.96. The maximum absolute atomic E-state index is 12.5. The number of ketones is 1. The number of benzene rings is 1. The molecule has 0 spiro atoms. The first-order valence-electron chi connectivity index (χ1n) is 6.59. The van der Waals surface area contributed by atoms with E-state index >= 15 is 0 Å². The van der Waals surface area contributed by atoms with Gasteiger partial charge in [-0.25, -0.2) is 0 Å². The molecule has 0 atom stereocenters. The van der Waals surface area contributed by atoms with Crippen LogP contribution < -0.4 is 0 Å². The molecule has 19 heavy (non-hydrogen) atoms. The minimum Gasteiger partial charge on any atom is -0.294 e. The molecule has 0 radical (unpaired) electrons. The van der Waals surface area contributed by atoms with Crippen molar-refractivity contribution in [2.45, 2.75) is 27.2 Å². The Morgan fingerprint density at radius 1 is 1.16 bits per heavy atom. The first-order chi connectivity index (χ1) is 8.97. The van der Waals surface area contributed by atoms with Crippen molar-refractivity contribution in [3.63, 3.8) is 0 Å². The standard InChI is InChI=1S/C17H17NO/c1-17(2,3)12-8-14-16(15(19)9-12)13-7-5-4-6-11(13)10-18-14/h4-8,10H,9H2,1-3H3. The smallest absolute Gasteiger partial charge is 0.169 e. The summed E-state index contributed by atoms with van der Waals surface area (Å²) in [5.41, 5.74) is 2.78. The molecule has 1 aliphatic rings. The molecule has 1 aromatic carbocycles. The first-order valence-corrected chi connectivity index (χ1v) is 6.59. The molecule has 0 amide bonds. The van der Waals surface area contributed by atoms with E-state index in [1.165, 1.54) is 0 Å². The van der Waals surface area contributed by atoms with Gasteiger partial charge in [-0.1, -0.05) is 50.6 Å². The van der Waals surface area contributed by atoms with Gasteiger partial charge in [-0.3, -0.25) is 9.78 Å². The van der Waals surface area contributed by atoms with Crippen LogP contribution in [-0.2, 0) is 0 Å². The summed E-state index contributed by atoms with van der Waals surface area (Å²) in [5, 5.41) is 2.05. The van der Waals surface area contributed by atoms with Crippen molar-refractivity contribution in [2.75, 3.05) is 0 Å². The van der Waals surface area contributed by atoms with Crippen molar-refractivity contribution >= 4 is 22.6 Å². The van der Waals surface area contributed by atoms with Gasteiger partial charge >= 0.3 is 0 Å². The van der Waals surface area contributed by atoms with E-state index in [4.69, 9.17) is 0 Å². The van der Waals surface area contributed by atoms with E-state index in [0.29, 0.717) is 6.42 Å². The number of rotatable bonds is 0. The van der Waals surface area contributed by atoms with Crippen LogP contribution in [0.5, 0.6) is 0 Å². The van der Waals surface area contributed by atoms with Gasteiger partial charge in [0.2, 0.25) is 0 Å². The molecule has 3 rings (SSSR count). The lowest BCUT2D eigenvalue weighted by molar-refractivity contribution is 0.0986. The molecule has 0 saturated heterocycles. The molecule has 0 aliphatic heterocycles. The Morgan fingerprint density at radius 3 is 2.63 bits per heavy atom. The number of carbonyl (C=O) groups is 1. The van der Waals surface area contributed by atoms with Crippen LogP contribution in [-0.4, -0.2) is 10.8 Å². The van der Waals surface area contributed by atoms with Crippen LogP contribution in [0.3, 0.4) is 0 Å². The lowest BCUT2D eigenvalue weighted by Gasteiger charge is -2.26. The van der Waals surface area contributed by atoms with Gasteiger partial charge in [0.1, 0.15) is 0 Å². The van der Waals surface area contributed by atoms with Crippen molar-refractivity contribution in [3.05, 3.63) is 47.3 Å². The fourth-order valence-electron chi connectivity index (χ4n) is 2.54. The van der Waals surface area contributed by atoms with Gasteiger partial charge in [0.25, 0.3) is 0 Å². The second-order valence-electron chi connectivity index (χ2n) is 6.13. The summed E-state index contributed by atoms with van der Waals surface area (Å²) in [6.07, 6.45) is 4.44. The highest BCUT2D eigenvalue weighted by atomic mass is 16.1. The molecule has 0 N–H and O–H groups in total. The van der Waals surface area contributed by atoms with Crippen LogP contribution in [0, 0.1) is 5.41 Å². The second kappa shape index (κ2) is 4.02. The van der Waals surface area contributed by atoms with Crippen molar-refractivity contribution in [2.24, 2.45) is 5.41 Å². The van der Waals surface area contributed by atoms with Crippen molar-refractivity contribution in [1.82, 2.24) is 4.98 Å². The van der Waals surface area contributed by atoms with Crippen molar-refractivity contribution < 1.29 is 4.79 Å². The predicted octanol–water partition coefficient (Wildman–Crippen LogP) is 4.25. The zero-order valence-corrected chi connectivity index (χ0v) is 11.5. The third-order valence-electron chi connectivity index (χ3n) is 3.73. The van der Waals surface area contributed by atoms with Crippen molar-refractivity contribution in [3.8, 4) is 0 Å². The Bertz CT molecular complexity index is 705. The van der Waals surface area contributed by atoms with E-state index < -0.39 is 0 Å². The van der Waals surface area contributed by atoms with E-state index in [2.05, 4.69) is 31.8 Å². The number of hydrogen-bond acceptors (Lipinski definition) is 2. The second-order valence-corrected chi connectivity index (χ2v) is 6.13. The minimum atomic E-state index is 0.0146. The number of nitrogens with zero attached hydrogens (tertiary/aromatic N) is 1. The quantitative estimate of drug-likeness (QED) is 0.700. The molecular formula is C17H17NO. The maximum atomic E-state index is 12.5. The molecule has 2 heteroatoms. The highest BCUT2D eigenvalue weighted by Gasteiger charge is 2.27. The van der Waals surface area contributed by atoms with E-state index in [9.17, 15) is 4.79 Å². The predicted molar refractivity (Wildman–Crippen MR) is 78.1 cm³/mol. The van der Waals surface area contributed by atoms with E-state index in [-0.39, 0.29) is 11.2 Å². The third-order valence-corrected chi connectivity index (χ3v) is 3.73. The zero-order valence-electron chi connectivity index (χ0n) is 11.5. The number of pyridine rings is 1. The number of hydrogen-bond donors (Lipinski definition) is 0. The van der Waals surface area contributed by atoms with Crippen molar-refractivity contribution in [1.29, 1.82) is 0 Å². The fraction of sp³-hybridized carbons (Fsp3) is 0.294. The lowest BCUT2D eigenvalue weighted by atomic mass is 9.78. The van der Waals surface area contributed by atoms with Gasteiger partial charge in [0, 0.05) is 18.0 Å². The summed E-state index contributed by atoms with van der Waals surface area (Å²) in [6.45, 7) is 6.41. The van der Waals surface area contributed by atoms with E-state index in [1.807, 2.05) is 30.5 Å². The van der Waals surface area contributed by atoms with Crippen LogP contribution in [0.25, 0.3) is 16.8 Å². The third kappa shape index (κ3) is 1.97. The molecule has 1 aromatic heterocycles. The number of fused-ring (bicyclic) bond motifs is 3. The molecule has 96 valence electrons. The number of aromatic nitrogens is 1. The molecule has 1 heterocycles. The Kier molecular flexibility index (Phi) is 2.56. The first kappa shape index (κ1) is 12.1. The minimum absolute atomic E-state index is 0.0146. The molecule has 2 nitrogen and oxygen atoms in total. The molecule has 2 aromatic rings. The average Bonchev–Trinajstić information content (AvgIpc) is 2.37. The van der Waals surface area contributed by atoms with Gasteiger partial charge < -0.3 is 0 Å². The largest absolute Gasteiger partial charge is 0.294 e. The number of allylic oxidation sites excluding steroid dienone is 1. The van der Waals surface area contributed by atoms with Gasteiger partial charge in [-0.2, -0.15) is 0 Å². The van der Waals surface area contributed by atoms with Crippen LogP contribution in [0.4, 0.5) is 0 Å². The number of Topliss-reactive ketones (excluding diaryl/α,β-unsaturated/α-hetero) is 1. The van der Waals surface area contributed by atoms with Gasteiger partial charge in [0.05, 0.1) is 11.3 Å². The zero-order chi connectivity index (χ0) is 13.6. The highest BCUT2D eigenvalue weighted by Crippen LogP contribution is 2.36. The summed E-state index contributed by atoms with van der Waals surface area (Å²) in [7, 11) is 0. The van der Waals surface area contributed by atoms with Crippen LogP contribution in [0.1, 0.15) is 43.2 Å². The van der Waals surface area contributed by atoms with Gasteiger partial charge in [0.15, 0.2) is 5.78 Å². The van der Waals surface area contributed by atoms with E-state index in [1.54, 1.807) is 0 Å². The fourth-order valence-corrected chi connectivity index (χ4v) is 2.54.